The van der Waals surface area contributed by atoms with E-state index in [1.807, 2.05) is 48.8 Å². The van der Waals surface area contributed by atoms with Gasteiger partial charge in [0.05, 0.1) is 0 Å². The molecule has 0 saturated heterocycles. The maximum atomic E-state index is 12.7. The summed E-state index contributed by atoms with van der Waals surface area (Å²) in [5.41, 5.74) is 4.69. The van der Waals surface area contributed by atoms with E-state index in [1.54, 1.807) is 29.1 Å². The first kappa shape index (κ1) is 21.6. The number of para-hydroxylation sites is 3. The van der Waals surface area contributed by atoms with Crippen molar-refractivity contribution in [2.24, 2.45) is 0 Å². The van der Waals surface area contributed by atoms with Crippen LogP contribution in [-0.4, -0.2) is 6.36 Å². The van der Waals surface area contributed by atoms with Gasteiger partial charge in [-0.15, -0.1) is 13.2 Å². The third-order valence-corrected chi connectivity index (χ3v) is 5.20. The number of rotatable bonds is 5. The zero-order valence-electron chi connectivity index (χ0n) is 17.8. The van der Waals surface area contributed by atoms with Crippen molar-refractivity contribution in [3.8, 4) is 28.3 Å². The van der Waals surface area contributed by atoms with Crippen molar-refractivity contribution in [1.29, 1.82) is 0 Å². The van der Waals surface area contributed by atoms with Crippen molar-refractivity contribution in [1.82, 2.24) is 0 Å². The first-order valence-corrected chi connectivity index (χ1v) is 10.3. The van der Waals surface area contributed by atoms with Gasteiger partial charge in [-0.25, -0.2) is 0 Å². The maximum absolute atomic E-state index is 12.7. The first-order chi connectivity index (χ1) is 15.3. The van der Waals surface area contributed by atoms with Crippen LogP contribution in [0.1, 0.15) is 25.3 Å². The Labute approximate surface area is 185 Å². The normalized spacial score (nSPS) is 11.6. The Morgan fingerprint density at radius 3 is 1.66 bits per heavy atom. The number of hydrogen-bond donors (Lipinski definition) is 0. The van der Waals surface area contributed by atoms with Gasteiger partial charge in [-0.1, -0.05) is 44.2 Å². The molecular weight excluding hydrogens is 413 g/mol. The van der Waals surface area contributed by atoms with Gasteiger partial charge in [0.2, 0.25) is 11.4 Å². The van der Waals surface area contributed by atoms with Gasteiger partial charge < -0.3 is 4.74 Å². The molecule has 0 radical (unpaired) electrons. The van der Waals surface area contributed by atoms with E-state index in [2.05, 4.69) is 35.3 Å². The predicted molar refractivity (Wildman–Crippen MR) is 116 cm³/mol. The number of aromatic nitrogens is 2. The summed E-state index contributed by atoms with van der Waals surface area (Å²) in [5.74, 6) is 0.162. The summed E-state index contributed by atoms with van der Waals surface area (Å²) in [6.07, 6.45) is 2.74. The smallest absolute Gasteiger partial charge is 0.399 e. The second-order valence-corrected chi connectivity index (χ2v) is 7.72. The van der Waals surface area contributed by atoms with Crippen LogP contribution in [0.3, 0.4) is 0 Å². The van der Waals surface area contributed by atoms with E-state index in [1.165, 1.54) is 17.7 Å². The molecule has 0 amide bonds. The lowest BCUT2D eigenvalue weighted by Crippen LogP contribution is -2.31. The standard InChI is InChI=1S/C26H23F3N2O/c1-19(2)22-7-3-4-8-23(22)30-15-11-20(12-16-30)21-13-17-31(18-14-21)24-9-5-6-10-25(24)32-26(27,28)29/h3-19H,1-2H3/q+2. The van der Waals surface area contributed by atoms with Crippen LogP contribution in [0, 0.1) is 0 Å². The monoisotopic (exact) mass is 436 g/mol. The second kappa shape index (κ2) is 8.83. The van der Waals surface area contributed by atoms with Crippen molar-refractivity contribution in [2.45, 2.75) is 26.1 Å². The van der Waals surface area contributed by atoms with Crippen LogP contribution in [0.4, 0.5) is 13.2 Å². The Kier molecular flexibility index (Phi) is 5.95. The molecule has 0 aliphatic rings. The number of benzene rings is 2. The third-order valence-electron chi connectivity index (χ3n) is 5.20. The van der Waals surface area contributed by atoms with E-state index >= 15 is 0 Å². The average Bonchev–Trinajstić information content (AvgIpc) is 2.79. The highest BCUT2D eigenvalue weighted by Gasteiger charge is 2.33. The molecule has 0 aliphatic carbocycles. The van der Waals surface area contributed by atoms with Crippen LogP contribution < -0.4 is 13.9 Å². The van der Waals surface area contributed by atoms with Gasteiger partial charge in [0.25, 0.3) is 5.69 Å². The van der Waals surface area contributed by atoms with Gasteiger partial charge in [0.15, 0.2) is 24.8 Å². The molecule has 3 nitrogen and oxygen atoms in total. The number of hydrogen-bond acceptors (Lipinski definition) is 1. The molecule has 0 saturated carbocycles. The number of pyridine rings is 2. The number of nitrogens with zero attached hydrogens (tertiary/aromatic N) is 2. The topological polar surface area (TPSA) is 17.0 Å². The lowest BCUT2D eigenvalue weighted by atomic mass is 10.0. The van der Waals surface area contributed by atoms with Crippen LogP contribution in [0.2, 0.25) is 0 Å². The second-order valence-electron chi connectivity index (χ2n) is 7.72. The van der Waals surface area contributed by atoms with Crippen LogP contribution in [0.15, 0.2) is 97.6 Å². The maximum Gasteiger partial charge on any atom is 0.573 e. The Morgan fingerprint density at radius 2 is 1.12 bits per heavy atom. The highest BCUT2D eigenvalue weighted by Crippen LogP contribution is 2.26. The summed E-state index contributed by atoms with van der Waals surface area (Å²) in [4.78, 5) is 0. The molecule has 32 heavy (non-hydrogen) atoms. The number of ether oxygens (including phenoxy) is 1. The molecule has 0 atom stereocenters. The fourth-order valence-corrected chi connectivity index (χ4v) is 3.65. The van der Waals surface area contributed by atoms with E-state index in [0.29, 0.717) is 11.6 Å². The van der Waals surface area contributed by atoms with Crippen molar-refractivity contribution in [3.05, 3.63) is 103 Å². The lowest BCUT2D eigenvalue weighted by molar-refractivity contribution is -0.597. The van der Waals surface area contributed by atoms with Crippen LogP contribution in [0.5, 0.6) is 5.75 Å². The largest absolute Gasteiger partial charge is 0.573 e. The lowest BCUT2D eigenvalue weighted by Gasteiger charge is -2.10. The van der Waals surface area contributed by atoms with Crippen LogP contribution >= 0.6 is 0 Å². The number of halogens is 3. The van der Waals surface area contributed by atoms with Crippen LogP contribution in [0.25, 0.3) is 22.5 Å². The summed E-state index contributed by atoms with van der Waals surface area (Å²) in [6.45, 7) is 4.34. The predicted octanol–water partition coefficient (Wildman–Crippen LogP) is 5.93. The molecule has 0 N–H and O–H groups in total. The first-order valence-electron chi connectivity index (χ1n) is 10.3. The van der Waals surface area contributed by atoms with E-state index in [9.17, 15) is 13.2 Å². The summed E-state index contributed by atoms with van der Waals surface area (Å²) >= 11 is 0. The highest BCUT2D eigenvalue weighted by atomic mass is 19.4. The summed E-state index contributed by atoms with van der Waals surface area (Å²) in [6, 6.07) is 22.2. The molecule has 0 fully saturated rings. The van der Waals surface area contributed by atoms with Crippen LogP contribution in [-0.2, 0) is 0 Å². The van der Waals surface area contributed by atoms with Gasteiger partial charge in [-0.3, -0.25) is 0 Å². The molecule has 6 heteroatoms. The zero-order chi connectivity index (χ0) is 22.7. The minimum atomic E-state index is -4.75. The van der Waals surface area contributed by atoms with Crippen molar-refractivity contribution < 1.29 is 27.0 Å². The summed E-state index contributed by atoms with van der Waals surface area (Å²) in [7, 11) is 0. The molecule has 0 spiro atoms. The third kappa shape index (κ3) is 4.80. The van der Waals surface area contributed by atoms with E-state index in [-0.39, 0.29) is 5.75 Å². The summed E-state index contributed by atoms with van der Waals surface area (Å²) < 4.78 is 46.0. The van der Waals surface area contributed by atoms with Crippen molar-refractivity contribution in [2.75, 3.05) is 0 Å². The minimum absolute atomic E-state index is 0.248. The molecule has 4 aromatic rings. The zero-order valence-corrected chi connectivity index (χ0v) is 17.8. The van der Waals surface area contributed by atoms with Gasteiger partial charge in [-0.2, -0.15) is 9.13 Å². The van der Waals surface area contributed by atoms with Gasteiger partial charge in [0.1, 0.15) is 0 Å². The van der Waals surface area contributed by atoms with Gasteiger partial charge >= 0.3 is 6.36 Å². The quantitative estimate of drug-likeness (QED) is 0.355. The Hall–Kier alpha value is -3.67. The SMILES string of the molecule is CC(C)c1ccccc1-[n+]1ccc(-c2cc[n+](-c3ccccc3OC(F)(F)F)cc2)cc1. The molecule has 0 unspecified atom stereocenters. The Morgan fingerprint density at radius 1 is 0.656 bits per heavy atom. The van der Waals surface area contributed by atoms with Crippen molar-refractivity contribution >= 4 is 0 Å². The van der Waals surface area contributed by atoms with E-state index in [4.69, 9.17) is 0 Å². The van der Waals surface area contributed by atoms with E-state index < -0.39 is 6.36 Å². The molecule has 4 rings (SSSR count). The molecule has 162 valence electrons. The summed E-state index contributed by atoms with van der Waals surface area (Å²) in [5, 5.41) is 0. The minimum Gasteiger partial charge on any atom is -0.399 e. The fourth-order valence-electron chi connectivity index (χ4n) is 3.65. The Balaban J connectivity index is 1.60. The number of alkyl halides is 3. The molecule has 0 aliphatic heterocycles. The molecule has 2 aromatic heterocycles. The highest BCUT2D eigenvalue weighted by molar-refractivity contribution is 5.61. The molecule has 2 aromatic carbocycles. The van der Waals surface area contributed by atoms with Crippen molar-refractivity contribution in [3.63, 3.8) is 0 Å². The molecule has 2 heterocycles. The molecular formula is C26H23F3N2O+2. The average molecular weight is 436 g/mol. The van der Waals surface area contributed by atoms with Gasteiger partial charge in [0, 0.05) is 42.0 Å². The van der Waals surface area contributed by atoms with E-state index in [0.717, 1.165) is 16.8 Å². The van der Waals surface area contributed by atoms with Gasteiger partial charge in [-0.05, 0) is 23.1 Å². The fraction of sp³-hybridized carbons (Fsp3) is 0.154. The Bertz CT molecular complexity index is 1200. The molecule has 0 bridgehead atoms.